The van der Waals surface area contributed by atoms with E-state index < -0.39 is 34.9 Å². The third-order valence-corrected chi connectivity index (χ3v) is 5.11. The highest BCUT2D eigenvalue weighted by Crippen LogP contribution is 2.25. The second kappa shape index (κ2) is 10.3. The summed E-state index contributed by atoms with van der Waals surface area (Å²) >= 11 is 6.32. The molecule has 3 N–H and O–H groups in total. The number of thiocarbonyl (C=S) groups is 1. The van der Waals surface area contributed by atoms with Crippen LogP contribution in [0.3, 0.4) is 0 Å². The number of thioether (sulfide) groups is 1. The van der Waals surface area contributed by atoms with E-state index in [9.17, 15) is 22.4 Å². The molecule has 160 valence electrons. The first-order valence-electron chi connectivity index (χ1n) is 8.82. The number of hydrogen-bond donors (Lipinski definition) is 3. The average molecular weight is 465 g/mol. The maximum atomic E-state index is 13.6. The highest BCUT2D eigenvalue weighted by molar-refractivity contribution is 8.00. The molecule has 3 aromatic carbocycles. The molecule has 0 saturated carbocycles. The molecule has 0 unspecified atom stereocenters. The molecule has 0 aliphatic rings. The Morgan fingerprint density at radius 1 is 0.806 bits per heavy atom. The van der Waals surface area contributed by atoms with Crippen molar-refractivity contribution in [2.45, 2.75) is 4.90 Å². The molecule has 0 spiro atoms. The van der Waals surface area contributed by atoms with Crippen LogP contribution in [-0.4, -0.2) is 16.8 Å². The Bertz CT molecular complexity index is 1070. The van der Waals surface area contributed by atoms with Crippen LogP contribution in [0.2, 0.25) is 0 Å². The molecule has 4 nitrogen and oxygen atoms in total. The quantitative estimate of drug-likeness (QED) is 0.186. The Kier molecular flexibility index (Phi) is 7.48. The molecule has 10 heteroatoms. The molecule has 0 atom stereocenters. The van der Waals surface area contributed by atoms with E-state index in [4.69, 9.17) is 12.2 Å². The van der Waals surface area contributed by atoms with Gasteiger partial charge in [-0.25, -0.2) is 17.6 Å². The molecular formula is C21H15F4N3OS2. The van der Waals surface area contributed by atoms with E-state index in [1.165, 1.54) is 0 Å². The van der Waals surface area contributed by atoms with Crippen LogP contribution in [0.5, 0.6) is 0 Å². The maximum absolute atomic E-state index is 13.6. The summed E-state index contributed by atoms with van der Waals surface area (Å²) in [6.45, 7) is 0. The number of halogens is 4. The molecule has 0 heterocycles. The van der Waals surface area contributed by atoms with Gasteiger partial charge in [-0.3, -0.25) is 4.79 Å². The zero-order valence-electron chi connectivity index (χ0n) is 15.7. The normalized spacial score (nSPS) is 10.5. The van der Waals surface area contributed by atoms with Gasteiger partial charge in [-0.1, -0.05) is 18.2 Å². The van der Waals surface area contributed by atoms with Crippen molar-refractivity contribution >= 4 is 52.1 Å². The van der Waals surface area contributed by atoms with Gasteiger partial charge >= 0.3 is 0 Å². The lowest BCUT2D eigenvalue weighted by molar-refractivity contribution is -0.113. The van der Waals surface area contributed by atoms with Crippen molar-refractivity contribution in [1.82, 2.24) is 0 Å². The number of carbonyl (C=O) groups is 1. The summed E-state index contributed by atoms with van der Waals surface area (Å²) in [4.78, 5) is 12.6. The zero-order valence-corrected chi connectivity index (χ0v) is 17.4. The maximum Gasteiger partial charge on any atom is 0.234 e. The van der Waals surface area contributed by atoms with Crippen LogP contribution >= 0.6 is 24.0 Å². The van der Waals surface area contributed by atoms with Gasteiger partial charge in [0.15, 0.2) is 28.4 Å². The van der Waals surface area contributed by atoms with Crippen molar-refractivity contribution in [3.63, 3.8) is 0 Å². The lowest BCUT2D eigenvalue weighted by atomic mass is 10.2. The van der Waals surface area contributed by atoms with E-state index in [1.807, 2.05) is 35.6 Å². The third-order valence-electron chi connectivity index (χ3n) is 3.89. The summed E-state index contributed by atoms with van der Waals surface area (Å²) in [7, 11) is 0. The van der Waals surface area contributed by atoms with Gasteiger partial charge in [0.25, 0.3) is 0 Å². The molecule has 1 amide bonds. The summed E-state index contributed by atoms with van der Waals surface area (Å²) in [6, 6.07) is 16.4. The number of anilines is 3. The van der Waals surface area contributed by atoms with Crippen LogP contribution in [0.15, 0.2) is 65.6 Å². The fourth-order valence-electron chi connectivity index (χ4n) is 2.46. The van der Waals surface area contributed by atoms with Crippen LogP contribution in [0.1, 0.15) is 0 Å². The molecule has 0 radical (unpaired) electrons. The lowest BCUT2D eigenvalue weighted by Crippen LogP contribution is -2.18. The Labute approximate surface area is 185 Å². The van der Waals surface area contributed by atoms with Gasteiger partial charge in [0.1, 0.15) is 5.69 Å². The monoisotopic (exact) mass is 465 g/mol. The van der Waals surface area contributed by atoms with Crippen LogP contribution in [-0.2, 0) is 4.79 Å². The molecule has 0 aliphatic heterocycles. The minimum absolute atomic E-state index is 0.0751. The summed E-state index contributed by atoms with van der Waals surface area (Å²) in [5.41, 5.74) is 0.396. The van der Waals surface area contributed by atoms with E-state index in [2.05, 4.69) is 10.6 Å². The zero-order chi connectivity index (χ0) is 22.4. The highest BCUT2D eigenvalue weighted by Gasteiger charge is 2.20. The second-order valence-corrected chi connectivity index (χ2v) is 7.61. The van der Waals surface area contributed by atoms with E-state index in [0.29, 0.717) is 15.7 Å². The van der Waals surface area contributed by atoms with Crippen molar-refractivity contribution in [3.05, 3.63) is 83.9 Å². The van der Waals surface area contributed by atoms with E-state index in [0.717, 1.165) is 17.4 Å². The van der Waals surface area contributed by atoms with E-state index in [-0.39, 0.29) is 11.8 Å². The standard InChI is InChI=1S/C21H15F4N3OS2/c22-15-10-16(23)19(25)20(18(15)24)28-17(29)11-31-14-8-6-13(7-9-14)27-21(30)26-12-4-2-1-3-5-12/h1-10H,11H2,(H,28,29)(H2,26,27,30). The first kappa shape index (κ1) is 22.6. The SMILES string of the molecule is O=C(CSc1ccc(NC(=S)Nc2ccccc2)cc1)Nc1c(F)c(F)cc(F)c1F. The van der Waals surface area contributed by atoms with E-state index >= 15 is 0 Å². The van der Waals surface area contributed by atoms with Crippen molar-refractivity contribution in [1.29, 1.82) is 0 Å². The average Bonchev–Trinajstić information content (AvgIpc) is 2.75. The molecule has 3 rings (SSSR count). The number of rotatable bonds is 6. The molecule has 0 aliphatic carbocycles. The van der Waals surface area contributed by atoms with Crippen LogP contribution in [0, 0.1) is 23.3 Å². The predicted octanol–water partition coefficient (Wildman–Crippen LogP) is 5.78. The van der Waals surface area contributed by atoms with Gasteiger partial charge in [-0.05, 0) is 48.6 Å². The molecule has 0 aromatic heterocycles. The third kappa shape index (κ3) is 6.19. The summed E-state index contributed by atoms with van der Waals surface area (Å²) in [5, 5.41) is 8.31. The topological polar surface area (TPSA) is 53.2 Å². The Hall–Kier alpha value is -3.11. The first-order valence-corrected chi connectivity index (χ1v) is 10.2. The largest absolute Gasteiger partial charge is 0.332 e. The number of amides is 1. The van der Waals surface area contributed by atoms with Crippen molar-refractivity contribution in [3.8, 4) is 0 Å². The van der Waals surface area contributed by atoms with Gasteiger partial charge in [0.05, 0.1) is 5.75 Å². The number of nitrogens with one attached hydrogen (secondary N) is 3. The molecule has 31 heavy (non-hydrogen) atoms. The molecule has 0 fully saturated rings. The number of carbonyl (C=O) groups excluding carboxylic acids is 1. The summed E-state index contributed by atoms with van der Waals surface area (Å²) in [5.74, 6) is -7.55. The highest BCUT2D eigenvalue weighted by atomic mass is 32.2. The Morgan fingerprint density at radius 2 is 1.35 bits per heavy atom. The first-order chi connectivity index (χ1) is 14.8. The van der Waals surface area contributed by atoms with Crippen LogP contribution in [0.25, 0.3) is 0 Å². The summed E-state index contributed by atoms with van der Waals surface area (Å²) in [6.07, 6.45) is 0. The van der Waals surface area contributed by atoms with Gasteiger partial charge in [-0.2, -0.15) is 0 Å². The van der Waals surface area contributed by atoms with Crippen molar-refractivity contribution < 1.29 is 22.4 Å². The number of hydrogen-bond acceptors (Lipinski definition) is 3. The Morgan fingerprint density at radius 3 is 1.94 bits per heavy atom. The molecule has 3 aromatic rings. The van der Waals surface area contributed by atoms with Gasteiger partial charge < -0.3 is 16.0 Å². The van der Waals surface area contributed by atoms with Crippen LogP contribution in [0.4, 0.5) is 34.6 Å². The number of para-hydroxylation sites is 1. The van der Waals surface area contributed by atoms with Crippen molar-refractivity contribution in [2.75, 3.05) is 21.7 Å². The predicted molar refractivity (Wildman–Crippen MR) is 118 cm³/mol. The molecule has 0 bridgehead atoms. The Balaban J connectivity index is 1.52. The van der Waals surface area contributed by atoms with E-state index in [1.54, 1.807) is 24.3 Å². The fraction of sp³-hybridized carbons (Fsp3) is 0.0476. The van der Waals surface area contributed by atoms with Gasteiger partial charge in [-0.15, -0.1) is 11.8 Å². The second-order valence-electron chi connectivity index (χ2n) is 6.15. The molecule has 0 saturated heterocycles. The van der Waals surface area contributed by atoms with Gasteiger partial charge in [0, 0.05) is 22.3 Å². The lowest BCUT2D eigenvalue weighted by Gasteiger charge is -2.11. The smallest absolute Gasteiger partial charge is 0.234 e. The van der Waals surface area contributed by atoms with Gasteiger partial charge in [0.2, 0.25) is 5.91 Å². The minimum atomic E-state index is -1.66. The van der Waals surface area contributed by atoms with Crippen molar-refractivity contribution in [2.24, 2.45) is 0 Å². The number of benzene rings is 3. The fourth-order valence-corrected chi connectivity index (χ4v) is 3.39. The van der Waals surface area contributed by atoms with Crippen LogP contribution < -0.4 is 16.0 Å². The minimum Gasteiger partial charge on any atom is -0.332 e. The molecular weight excluding hydrogens is 450 g/mol. The summed E-state index contributed by atoms with van der Waals surface area (Å²) < 4.78 is 53.7.